The topological polar surface area (TPSA) is 75.7 Å². The second-order valence-corrected chi connectivity index (χ2v) is 8.31. The van der Waals surface area contributed by atoms with Crippen molar-refractivity contribution in [3.63, 3.8) is 0 Å². The number of ether oxygens (including phenoxy) is 1. The largest absolute Gasteiger partial charge is 0.381 e. The van der Waals surface area contributed by atoms with E-state index in [9.17, 15) is 13.2 Å². The summed E-state index contributed by atoms with van der Waals surface area (Å²) in [7, 11) is -3.60. The van der Waals surface area contributed by atoms with Gasteiger partial charge in [0.2, 0.25) is 15.9 Å². The minimum absolute atomic E-state index is 0.0296. The molecule has 7 heteroatoms. The van der Waals surface area contributed by atoms with E-state index in [1.807, 2.05) is 19.9 Å². The van der Waals surface area contributed by atoms with Gasteiger partial charge in [-0.2, -0.15) is 0 Å². The van der Waals surface area contributed by atoms with Gasteiger partial charge in [-0.05, 0) is 44.4 Å². The van der Waals surface area contributed by atoms with Gasteiger partial charge in [-0.15, -0.1) is 0 Å². The Balaban J connectivity index is 1.89. The molecule has 1 atom stereocenters. The van der Waals surface area contributed by atoms with E-state index in [1.54, 1.807) is 24.0 Å². The van der Waals surface area contributed by atoms with Crippen LogP contribution in [-0.4, -0.2) is 52.1 Å². The van der Waals surface area contributed by atoms with Crippen LogP contribution in [0.25, 0.3) is 0 Å². The molecule has 1 aliphatic heterocycles. The zero-order valence-electron chi connectivity index (χ0n) is 15.2. The Morgan fingerprint density at radius 1 is 1.36 bits per heavy atom. The van der Waals surface area contributed by atoms with Crippen molar-refractivity contribution in [3.8, 4) is 0 Å². The van der Waals surface area contributed by atoms with Crippen molar-refractivity contribution in [3.05, 3.63) is 29.3 Å². The molecule has 1 amide bonds. The second-order valence-electron chi connectivity index (χ2n) is 6.58. The quantitative estimate of drug-likeness (QED) is 0.760. The van der Waals surface area contributed by atoms with Gasteiger partial charge in [0.25, 0.3) is 0 Å². The number of hydrogen-bond donors (Lipinski definition) is 1. The van der Waals surface area contributed by atoms with Crippen LogP contribution in [0.3, 0.4) is 0 Å². The molecule has 1 N–H and O–H groups in total. The van der Waals surface area contributed by atoms with Crippen molar-refractivity contribution < 1.29 is 17.9 Å². The molecule has 0 aliphatic carbocycles. The molecule has 0 spiro atoms. The summed E-state index contributed by atoms with van der Waals surface area (Å²) in [6.07, 6.45) is 1.13. The lowest BCUT2D eigenvalue weighted by atomic mass is 10.1. The van der Waals surface area contributed by atoms with E-state index in [2.05, 4.69) is 4.72 Å². The molecular formula is C18H28N2O4S. The fourth-order valence-corrected chi connectivity index (χ4v) is 4.33. The number of benzene rings is 1. The normalized spacial score (nSPS) is 17.6. The molecule has 0 radical (unpaired) electrons. The first-order valence-corrected chi connectivity index (χ1v) is 10.2. The van der Waals surface area contributed by atoms with Crippen LogP contribution in [0.15, 0.2) is 23.1 Å². The maximum atomic E-state index is 12.5. The van der Waals surface area contributed by atoms with Crippen LogP contribution in [0, 0.1) is 19.8 Å². The maximum Gasteiger partial charge on any atom is 0.240 e. The van der Waals surface area contributed by atoms with Gasteiger partial charge in [-0.3, -0.25) is 4.79 Å². The van der Waals surface area contributed by atoms with Gasteiger partial charge >= 0.3 is 0 Å². The van der Waals surface area contributed by atoms with Crippen molar-refractivity contribution in [2.24, 2.45) is 5.92 Å². The number of rotatable bonds is 8. The van der Waals surface area contributed by atoms with E-state index in [4.69, 9.17) is 4.74 Å². The lowest BCUT2D eigenvalue weighted by molar-refractivity contribution is -0.131. The van der Waals surface area contributed by atoms with E-state index < -0.39 is 10.0 Å². The SMILES string of the molecule is CCN(CC1CCOC1)C(=O)CCNS(=O)(=O)c1cc(C)ccc1C. The monoisotopic (exact) mass is 368 g/mol. The lowest BCUT2D eigenvalue weighted by Crippen LogP contribution is -2.37. The summed E-state index contributed by atoms with van der Waals surface area (Å²) in [6, 6.07) is 5.32. The van der Waals surface area contributed by atoms with Gasteiger partial charge < -0.3 is 9.64 Å². The van der Waals surface area contributed by atoms with Gasteiger partial charge in [0.05, 0.1) is 11.5 Å². The highest BCUT2D eigenvalue weighted by Crippen LogP contribution is 2.17. The van der Waals surface area contributed by atoms with Crippen LogP contribution in [0.4, 0.5) is 0 Å². The fourth-order valence-electron chi connectivity index (χ4n) is 2.97. The first-order valence-electron chi connectivity index (χ1n) is 8.76. The Morgan fingerprint density at radius 3 is 2.76 bits per heavy atom. The molecule has 1 aliphatic rings. The molecule has 25 heavy (non-hydrogen) atoms. The average Bonchev–Trinajstić information content (AvgIpc) is 3.07. The first kappa shape index (κ1) is 19.9. The molecule has 0 aromatic heterocycles. The van der Waals surface area contributed by atoms with E-state index in [1.165, 1.54) is 0 Å². The minimum Gasteiger partial charge on any atom is -0.381 e. The highest BCUT2D eigenvalue weighted by atomic mass is 32.2. The van der Waals surface area contributed by atoms with Crippen LogP contribution >= 0.6 is 0 Å². The minimum atomic E-state index is -3.60. The van der Waals surface area contributed by atoms with Crippen molar-refractivity contribution >= 4 is 15.9 Å². The molecule has 1 heterocycles. The number of nitrogens with zero attached hydrogens (tertiary/aromatic N) is 1. The molecule has 0 bridgehead atoms. The van der Waals surface area contributed by atoms with Crippen molar-refractivity contribution in [1.29, 1.82) is 0 Å². The van der Waals surface area contributed by atoms with Crippen LogP contribution < -0.4 is 4.72 Å². The molecular weight excluding hydrogens is 340 g/mol. The maximum absolute atomic E-state index is 12.5. The van der Waals surface area contributed by atoms with Crippen molar-refractivity contribution in [2.75, 3.05) is 32.8 Å². The summed E-state index contributed by atoms with van der Waals surface area (Å²) < 4.78 is 32.8. The lowest BCUT2D eigenvalue weighted by Gasteiger charge is -2.23. The highest BCUT2D eigenvalue weighted by Gasteiger charge is 2.22. The zero-order valence-corrected chi connectivity index (χ0v) is 16.1. The third-order valence-electron chi connectivity index (χ3n) is 4.50. The van der Waals surface area contributed by atoms with Crippen molar-refractivity contribution in [2.45, 2.75) is 38.5 Å². The predicted octanol–water partition coefficient (Wildman–Crippen LogP) is 1.86. The van der Waals surface area contributed by atoms with Gasteiger partial charge in [0.1, 0.15) is 0 Å². The van der Waals surface area contributed by atoms with Gasteiger partial charge in [-0.1, -0.05) is 12.1 Å². The summed E-state index contributed by atoms with van der Waals surface area (Å²) in [6.45, 7) is 8.42. The molecule has 1 unspecified atom stereocenters. The summed E-state index contributed by atoms with van der Waals surface area (Å²) in [4.78, 5) is 14.4. The molecule has 140 valence electrons. The van der Waals surface area contributed by atoms with Crippen molar-refractivity contribution in [1.82, 2.24) is 9.62 Å². The van der Waals surface area contributed by atoms with E-state index in [-0.39, 0.29) is 23.8 Å². The summed E-state index contributed by atoms with van der Waals surface area (Å²) in [5.41, 5.74) is 1.58. The number of hydrogen-bond acceptors (Lipinski definition) is 4. The van der Waals surface area contributed by atoms with Gasteiger partial charge in [-0.25, -0.2) is 13.1 Å². The van der Waals surface area contributed by atoms with Crippen LogP contribution in [0.5, 0.6) is 0 Å². The van der Waals surface area contributed by atoms with Crippen LogP contribution in [-0.2, 0) is 19.6 Å². The van der Waals surface area contributed by atoms with Crippen LogP contribution in [0.2, 0.25) is 0 Å². The Labute approximate surface area is 150 Å². The van der Waals surface area contributed by atoms with Crippen LogP contribution in [0.1, 0.15) is 30.9 Å². The Kier molecular flexibility index (Phi) is 6.98. The second kappa shape index (κ2) is 8.78. The summed E-state index contributed by atoms with van der Waals surface area (Å²) in [5.74, 6) is 0.355. The molecule has 1 fully saturated rings. The molecule has 1 aromatic carbocycles. The Hall–Kier alpha value is -1.44. The van der Waals surface area contributed by atoms with Gasteiger partial charge in [0.15, 0.2) is 0 Å². The number of carbonyl (C=O) groups excluding carboxylic acids is 1. The predicted molar refractivity (Wildman–Crippen MR) is 96.9 cm³/mol. The number of nitrogens with one attached hydrogen (secondary N) is 1. The third kappa shape index (κ3) is 5.52. The number of sulfonamides is 1. The van der Waals surface area contributed by atoms with E-state index in [0.717, 1.165) is 18.6 Å². The standard InChI is InChI=1S/C18H28N2O4S/c1-4-20(12-16-8-10-24-13-16)18(21)7-9-19-25(22,23)17-11-14(2)5-6-15(17)3/h5-6,11,16,19H,4,7-10,12-13H2,1-3H3. The molecule has 2 rings (SSSR count). The Bertz CT molecular complexity index is 697. The molecule has 0 saturated carbocycles. The Morgan fingerprint density at radius 2 is 2.12 bits per heavy atom. The fraction of sp³-hybridized carbons (Fsp3) is 0.611. The molecule has 1 aromatic rings. The van der Waals surface area contributed by atoms with Gasteiger partial charge in [0, 0.05) is 38.6 Å². The van der Waals surface area contributed by atoms with E-state index >= 15 is 0 Å². The number of aryl methyl sites for hydroxylation is 2. The zero-order chi connectivity index (χ0) is 18.4. The highest BCUT2D eigenvalue weighted by molar-refractivity contribution is 7.89. The number of amides is 1. The number of carbonyl (C=O) groups is 1. The third-order valence-corrected chi connectivity index (χ3v) is 6.10. The summed E-state index contributed by atoms with van der Waals surface area (Å²) in [5, 5.41) is 0. The van der Waals surface area contributed by atoms with E-state index in [0.29, 0.717) is 31.2 Å². The first-order chi connectivity index (χ1) is 11.8. The molecule has 6 nitrogen and oxygen atoms in total. The average molecular weight is 368 g/mol. The summed E-state index contributed by atoms with van der Waals surface area (Å²) >= 11 is 0. The molecule has 1 saturated heterocycles. The smallest absolute Gasteiger partial charge is 0.240 e.